The van der Waals surface area contributed by atoms with Crippen molar-refractivity contribution in [1.82, 2.24) is 0 Å². The van der Waals surface area contributed by atoms with Crippen LogP contribution in [0.25, 0.3) is 0 Å². The van der Waals surface area contributed by atoms with Gasteiger partial charge in [0.05, 0.1) is 0 Å². The van der Waals surface area contributed by atoms with Crippen LogP contribution < -0.4 is 0 Å². The molecule has 0 rings (SSSR count). The van der Waals surface area contributed by atoms with Crippen LogP contribution in [-0.4, -0.2) is 0 Å². The van der Waals surface area contributed by atoms with E-state index in [-0.39, 0.29) is 32.7 Å². The first kappa shape index (κ1) is 9.44. The molecule has 0 aromatic rings. The van der Waals surface area contributed by atoms with Crippen molar-refractivity contribution in [1.29, 1.82) is 0 Å². The monoisotopic (exact) mass is 145 g/mol. The van der Waals surface area contributed by atoms with Crippen LogP contribution in [0.4, 0.5) is 0 Å². The van der Waals surface area contributed by atoms with Crippen molar-refractivity contribution in [3.05, 3.63) is 13.3 Å². The molecule has 0 amide bonds. The van der Waals surface area contributed by atoms with E-state index in [2.05, 4.69) is 6.92 Å². The third kappa shape index (κ3) is 11.1. The third-order valence-electron chi connectivity index (χ3n) is 0.289. The number of rotatable bonds is 1. The van der Waals surface area contributed by atoms with Gasteiger partial charge in [0.25, 0.3) is 0 Å². The summed E-state index contributed by atoms with van der Waals surface area (Å²) in [6.45, 7) is 5.54. The van der Waals surface area contributed by atoms with Gasteiger partial charge in [-0.25, -0.2) is 0 Å². The van der Waals surface area contributed by atoms with E-state index >= 15 is 0 Å². The summed E-state index contributed by atoms with van der Waals surface area (Å²) in [6.07, 6.45) is 2.96. The summed E-state index contributed by atoms with van der Waals surface area (Å²) >= 11 is 0. The Hall–Kier alpha value is 1.10. The van der Waals surface area contributed by atoms with E-state index in [1.807, 2.05) is 13.3 Å². The number of unbranched alkanes of at least 4 members (excludes halogenated alkanes) is 1. The van der Waals surface area contributed by atoms with Crippen LogP contribution in [0.5, 0.6) is 0 Å². The van der Waals surface area contributed by atoms with E-state index in [1.165, 1.54) is 0 Å². The average Bonchev–Trinajstić information content (AvgIpc) is 1.37. The summed E-state index contributed by atoms with van der Waals surface area (Å²) in [7, 11) is 0. The Labute approximate surface area is 59.2 Å². The minimum Gasteiger partial charge on any atom is -0.372 e. The molecular formula is C4H8Y-2. The molecule has 5 heavy (non-hydrogen) atoms. The molecule has 0 aromatic heterocycles. The molecule has 0 aromatic carbocycles. The van der Waals surface area contributed by atoms with Crippen LogP contribution in [0.3, 0.4) is 0 Å². The van der Waals surface area contributed by atoms with Crippen molar-refractivity contribution in [2.45, 2.75) is 13.3 Å². The minimum atomic E-state index is 0. The van der Waals surface area contributed by atoms with Crippen LogP contribution in [0, 0.1) is 13.3 Å². The first-order valence-electron chi connectivity index (χ1n) is 1.49. The maximum absolute atomic E-state index is 3.55. The SMILES string of the molecule is [CH2-]C[CH-]C.[Y]. The van der Waals surface area contributed by atoms with Gasteiger partial charge >= 0.3 is 0 Å². The van der Waals surface area contributed by atoms with E-state index in [0.29, 0.717) is 0 Å². The molecule has 0 N–H and O–H groups in total. The standard InChI is InChI=1S/C4H8.Y/c1-3-4-2;/h4H,1,3H2,2H3;/q-2;. The van der Waals surface area contributed by atoms with Crippen LogP contribution in [0.15, 0.2) is 0 Å². The Morgan fingerprint density at radius 1 is 1.80 bits per heavy atom. The third-order valence-corrected chi connectivity index (χ3v) is 0.289. The van der Waals surface area contributed by atoms with Gasteiger partial charge in [-0.3, -0.25) is 0 Å². The second-order valence-corrected chi connectivity index (χ2v) is 0.697. The zero-order valence-electron chi connectivity index (χ0n) is 3.57. The maximum Gasteiger partial charge on any atom is 0 e. The van der Waals surface area contributed by atoms with Crippen molar-refractivity contribution in [2.24, 2.45) is 0 Å². The molecule has 0 aliphatic rings. The van der Waals surface area contributed by atoms with Gasteiger partial charge in [0.2, 0.25) is 0 Å². The molecule has 0 fully saturated rings. The van der Waals surface area contributed by atoms with Gasteiger partial charge in [0.15, 0.2) is 0 Å². The van der Waals surface area contributed by atoms with E-state index in [4.69, 9.17) is 0 Å². The minimum absolute atomic E-state index is 0. The predicted molar refractivity (Wildman–Crippen MR) is 19.9 cm³/mol. The molecule has 1 radical (unpaired) electrons. The molecule has 0 spiro atoms. The first-order valence-corrected chi connectivity index (χ1v) is 1.49. The van der Waals surface area contributed by atoms with Crippen molar-refractivity contribution >= 4 is 0 Å². The summed E-state index contributed by atoms with van der Waals surface area (Å²) < 4.78 is 0. The van der Waals surface area contributed by atoms with E-state index in [0.717, 1.165) is 6.42 Å². The quantitative estimate of drug-likeness (QED) is 0.489. The summed E-state index contributed by atoms with van der Waals surface area (Å²) in [5, 5.41) is 0. The molecule has 0 unspecified atom stereocenters. The van der Waals surface area contributed by atoms with Gasteiger partial charge in [-0.2, -0.15) is 6.92 Å². The molecule has 0 saturated heterocycles. The van der Waals surface area contributed by atoms with Gasteiger partial charge in [0, 0.05) is 32.7 Å². The van der Waals surface area contributed by atoms with Crippen LogP contribution >= 0.6 is 0 Å². The topological polar surface area (TPSA) is 0 Å². The molecule has 0 saturated carbocycles. The summed E-state index contributed by atoms with van der Waals surface area (Å²) in [5.41, 5.74) is 0. The average molecular weight is 145 g/mol. The summed E-state index contributed by atoms with van der Waals surface area (Å²) in [6, 6.07) is 0. The van der Waals surface area contributed by atoms with Crippen molar-refractivity contribution < 1.29 is 32.7 Å². The van der Waals surface area contributed by atoms with E-state index in [9.17, 15) is 0 Å². The fourth-order valence-electron chi connectivity index (χ4n) is 0. The van der Waals surface area contributed by atoms with Crippen LogP contribution in [-0.2, 0) is 32.7 Å². The van der Waals surface area contributed by atoms with Gasteiger partial charge in [-0.05, 0) is 0 Å². The zero-order valence-corrected chi connectivity index (χ0v) is 6.41. The maximum atomic E-state index is 3.55. The molecule has 0 heterocycles. The van der Waals surface area contributed by atoms with E-state index in [1.54, 1.807) is 0 Å². The predicted octanol–water partition coefficient (Wildman–Crippen LogP) is 1.43. The molecule has 1 heteroatoms. The van der Waals surface area contributed by atoms with E-state index < -0.39 is 0 Å². The zero-order chi connectivity index (χ0) is 3.41. The molecule has 0 nitrogen and oxygen atoms in total. The normalized spacial score (nSPS) is 6.00. The van der Waals surface area contributed by atoms with Crippen molar-refractivity contribution in [3.63, 3.8) is 0 Å². The second kappa shape index (κ2) is 8.92. The largest absolute Gasteiger partial charge is 0.372 e. The molecule has 29 valence electrons. The number of hydrogen-bond acceptors (Lipinski definition) is 0. The van der Waals surface area contributed by atoms with Crippen molar-refractivity contribution in [3.8, 4) is 0 Å². The number of hydrogen-bond donors (Lipinski definition) is 0. The van der Waals surface area contributed by atoms with Gasteiger partial charge in [0.1, 0.15) is 0 Å². The first-order chi connectivity index (χ1) is 1.91. The fraction of sp³-hybridized carbons (Fsp3) is 0.500. The summed E-state index contributed by atoms with van der Waals surface area (Å²) in [4.78, 5) is 0. The van der Waals surface area contributed by atoms with Gasteiger partial charge in [-0.15, -0.1) is 0 Å². The van der Waals surface area contributed by atoms with Crippen LogP contribution in [0.2, 0.25) is 0 Å². The second-order valence-electron chi connectivity index (χ2n) is 0.697. The molecule has 0 bridgehead atoms. The molecular weight excluding hydrogens is 137 g/mol. The molecule has 0 aliphatic carbocycles. The Bertz CT molecular complexity index is 5.61. The Morgan fingerprint density at radius 3 is 2.00 bits per heavy atom. The molecule has 0 aliphatic heterocycles. The molecule has 0 atom stereocenters. The Balaban J connectivity index is 0. The fourth-order valence-corrected chi connectivity index (χ4v) is 0. The summed E-state index contributed by atoms with van der Waals surface area (Å²) in [5.74, 6) is 0. The smallest absolute Gasteiger partial charge is 0 e. The Kier molecular flexibility index (Phi) is 16.8. The Morgan fingerprint density at radius 2 is 2.00 bits per heavy atom. The van der Waals surface area contributed by atoms with Crippen molar-refractivity contribution in [2.75, 3.05) is 0 Å². The van der Waals surface area contributed by atoms with Gasteiger partial charge < -0.3 is 19.8 Å². The van der Waals surface area contributed by atoms with Crippen LogP contribution in [0.1, 0.15) is 13.3 Å². The van der Waals surface area contributed by atoms with Gasteiger partial charge in [-0.1, -0.05) is 0 Å².